The highest BCUT2D eigenvalue weighted by Gasteiger charge is 2.35. The molecule has 1 aromatic rings. The van der Waals surface area contributed by atoms with Crippen LogP contribution in [0.1, 0.15) is 24.2 Å². The van der Waals surface area contributed by atoms with E-state index in [0.29, 0.717) is 24.0 Å². The Labute approximate surface area is 137 Å². The number of likely N-dealkylation sites (N-methyl/N-ethyl adjacent to an activating group) is 1. The van der Waals surface area contributed by atoms with Gasteiger partial charge in [-0.15, -0.1) is 0 Å². The summed E-state index contributed by atoms with van der Waals surface area (Å²) >= 11 is 0. The fraction of sp³-hybridized carbons (Fsp3) is 0.688. The number of ether oxygens (including phenoxy) is 1. The van der Waals surface area contributed by atoms with Gasteiger partial charge in [-0.1, -0.05) is 0 Å². The van der Waals surface area contributed by atoms with Crippen LogP contribution in [0.2, 0.25) is 0 Å². The highest BCUT2D eigenvalue weighted by Crippen LogP contribution is 2.20. The molecular formula is C16H25N5O2. The minimum atomic E-state index is -0.00287. The molecule has 0 saturated carbocycles. The second-order valence-electron chi connectivity index (χ2n) is 6.83. The van der Waals surface area contributed by atoms with E-state index in [0.717, 1.165) is 26.2 Å². The van der Waals surface area contributed by atoms with Crippen molar-refractivity contribution in [1.29, 1.82) is 0 Å². The predicted octanol–water partition coefficient (Wildman–Crippen LogP) is 0.700. The number of rotatable bonds is 3. The van der Waals surface area contributed by atoms with Gasteiger partial charge in [-0.3, -0.25) is 4.79 Å². The molecule has 7 nitrogen and oxygen atoms in total. The van der Waals surface area contributed by atoms with Crippen molar-refractivity contribution in [2.24, 2.45) is 5.92 Å². The van der Waals surface area contributed by atoms with Crippen molar-refractivity contribution in [2.75, 3.05) is 45.2 Å². The predicted molar refractivity (Wildman–Crippen MR) is 87.4 cm³/mol. The number of amides is 1. The molecular weight excluding hydrogens is 294 g/mol. The Hall–Kier alpha value is -1.73. The number of aromatic nitrogens is 2. The van der Waals surface area contributed by atoms with Crippen LogP contribution in [0.3, 0.4) is 0 Å². The molecule has 7 heteroatoms. The number of hydrogen-bond donors (Lipinski definition) is 1. The highest BCUT2D eigenvalue weighted by atomic mass is 16.5. The van der Waals surface area contributed by atoms with E-state index < -0.39 is 0 Å². The van der Waals surface area contributed by atoms with E-state index in [2.05, 4.69) is 27.2 Å². The second kappa shape index (κ2) is 6.80. The van der Waals surface area contributed by atoms with Crippen LogP contribution >= 0.6 is 0 Å². The molecule has 2 atom stereocenters. The van der Waals surface area contributed by atoms with Crippen molar-refractivity contribution in [2.45, 2.75) is 25.9 Å². The molecule has 2 aliphatic rings. The Morgan fingerprint density at radius 2 is 2.00 bits per heavy atom. The molecule has 23 heavy (non-hydrogen) atoms. The van der Waals surface area contributed by atoms with Gasteiger partial charge in [0.2, 0.25) is 5.95 Å². The summed E-state index contributed by atoms with van der Waals surface area (Å²) in [5.74, 6) is 0.908. The summed E-state index contributed by atoms with van der Waals surface area (Å²) in [5.41, 5.74) is 0.537. The third kappa shape index (κ3) is 3.79. The third-order valence-corrected chi connectivity index (χ3v) is 4.23. The third-order valence-electron chi connectivity index (χ3n) is 4.23. The van der Waals surface area contributed by atoms with E-state index in [1.807, 2.05) is 18.7 Å². The molecule has 1 N–H and O–H groups in total. The largest absolute Gasteiger partial charge is 0.379 e. The van der Waals surface area contributed by atoms with Gasteiger partial charge in [0, 0.05) is 44.0 Å². The summed E-state index contributed by atoms with van der Waals surface area (Å²) < 4.78 is 5.73. The van der Waals surface area contributed by atoms with E-state index in [-0.39, 0.29) is 18.0 Å². The van der Waals surface area contributed by atoms with Crippen LogP contribution in [0.15, 0.2) is 12.4 Å². The van der Waals surface area contributed by atoms with Crippen LogP contribution < -0.4 is 5.32 Å². The van der Waals surface area contributed by atoms with Crippen LogP contribution in [0.4, 0.5) is 5.95 Å². The molecule has 2 fully saturated rings. The van der Waals surface area contributed by atoms with Crippen molar-refractivity contribution < 1.29 is 9.53 Å². The van der Waals surface area contributed by atoms with Gasteiger partial charge in [0.25, 0.3) is 5.91 Å². The van der Waals surface area contributed by atoms with Gasteiger partial charge < -0.3 is 19.9 Å². The SMILES string of the molecule is CC(C)Nc1ncc(C(=O)N2C[C@H]3COC[C@@H]2CN(C)C3)cn1. The van der Waals surface area contributed by atoms with Crippen LogP contribution in [-0.4, -0.2) is 77.7 Å². The molecule has 0 radical (unpaired) electrons. The summed E-state index contributed by atoms with van der Waals surface area (Å²) in [7, 11) is 2.11. The standard InChI is InChI=1S/C16H25N5O2/c1-11(2)19-16-17-4-13(5-18-16)15(22)21-7-12-6-20(3)8-14(21)10-23-9-12/h4-5,11-12,14H,6-10H2,1-3H3,(H,17,18,19)/t12-,14-/m0/s1. The van der Waals surface area contributed by atoms with Crippen molar-refractivity contribution in [1.82, 2.24) is 19.8 Å². The topological polar surface area (TPSA) is 70.6 Å². The zero-order valence-electron chi connectivity index (χ0n) is 14.0. The van der Waals surface area contributed by atoms with E-state index in [9.17, 15) is 4.79 Å². The summed E-state index contributed by atoms with van der Waals surface area (Å²) in [4.78, 5) is 25.6. The molecule has 0 spiro atoms. The summed E-state index contributed by atoms with van der Waals surface area (Å²) in [6.07, 6.45) is 3.22. The zero-order chi connectivity index (χ0) is 16.4. The number of nitrogens with one attached hydrogen (secondary N) is 1. The first-order chi connectivity index (χ1) is 11.0. The average Bonchev–Trinajstić information content (AvgIpc) is 2.77. The first-order valence-electron chi connectivity index (χ1n) is 8.18. The van der Waals surface area contributed by atoms with Crippen LogP contribution in [0.25, 0.3) is 0 Å². The maximum Gasteiger partial charge on any atom is 0.257 e. The quantitative estimate of drug-likeness (QED) is 0.884. The lowest BCUT2D eigenvalue weighted by atomic mass is 10.1. The zero-order valence-corrected chi connectivity index (χ0v) is 14.0. The first-order valence-corrected chi connectivity index (χ1v) is 8.18. The molecule has 1 amide bonds. The molecule has 0 unspecified atom stereocenters. The van der Waals surface area contributed by atoms with Gasteiger partial charge >= 0.3 is 0 Å². The Morgan fingerprint density at radius 3 is 2.70 bits per heavy atom. The molecule has 1 aromatic heterocycles. The van der Waals surface area contributed by atoms with E-state index in [1.165, 1.54) is 0 Å². The summed E-state index contributed by atoms with van der Waals surface area (Å²) in [6.45, 7) is 7.91. The lowest BCUT2D eigenvalue weighted by Gasteiger charge is -2.29. The number of anilines is 1. The lowest BCUT2D eigenvalue weighted by Crippen LogP contribution is -2.46. The molecule has 3 heterocycles. The van der Waals surface area contributed by atoms with Crippen molar-refractivity contribution in [3.05, 3.63) is 18.0 Å². The Balaban J connectivity index is 1.76. The van der Waals surface area contributed by atoms with Gasteiger partial charge in [-0.25, -0.2) is 9.97 Å². The first kappa shape index (κ1) is 16.1. The van der Waals surface area contributed by atoms with Gasteiger partial charge in [-0.2, -0.15) is 0 Å². The number of carbonyl (C=O) groups is 1. The number of carbonyl (C=O) groups excluding carboxylic acids is 1. The molecule has 0 aromatic carbocycles. The lowest BCUT2D eigenvalue weighted by molar-refractivity contribution is 0.0483. The maximum absolute atomic E-state index is 12.9. The molecule has 126 valence electrons. The summed E-state index contributed by atoms with van der Waals surface area (Å²) in [5, 5.41) is 3.13. The van der Waals surface area contributed by atoms with Gasteiger partial charge in [0.15, 0.2) is 0 Å². The molecule has 2 saturated heterocycles. The normalized spacial score (nSPS) is 25.3. The average molecular weight is 319 g/mol. The Kier molecular flexibility index (Phi) is 4.77. The minimum Gasteiger partial charge on any atom is -0.379 e. The Morgan fingerprint density at radius 1 is 1.26 bits per heavy atom. The van der Waals surface area contributed by atoms with Crippen molar-refractivity contribution in [3.8, 4) is 0 Å². The highest BCUT2D eigenvalue weighted by molar-refractivity contribution is 5.94. The van der Waals surface area contributed by atoms with Crippen LogP contribution in [0, 0.1) is 5.92 Å². The molecule has 3 rings (SSSR count). The monoisotopic (exact) mass is 319 g/mol. The molecule has 2 bridgehead atoms. The van der Waals surface area contributed by atoms with Gasteiger partial charge in [0.05, 0.1) is 24.8 Å². The second-order valence-corrected chi connectivity index (χ2v) is 6.83. The fourth-order valence-corrected chi connectivity index (χ4v) is 3.26. The fourth-order valence-electron chi connectivity index (χ4n) is 3.26. The van der Waals surface area contributed by atoms with Gasteiger partial charge in [0.1, 0.15) is 0 Å². The molecule has 2 aliphatic heterocycles. The number of fused-ring (bicyclic) bond motifs is 3. The van der Waals surface area contributed by atoms with Crippen molar-refractivity contribution in [3.63, 3.8) is 0 Å². The maximum atomic E-state index is 12.9. The minimum absolute atomic E-state index is 0.00287. The van der Waals surface area contributed by atoms with Crippen LogP contribution in [-0.2, 0) is 4.74 Å². The number of nitrogens with zero attached hydrogens (tertiary/aromatic N) is 4. The summed E-state index contributed by atoms with van der Waals surface area (Å²) in [6, 6.07) is 0.350. The van der Waals surface area contributed by atoms with Crippen molar-refractivity contribution >= 4 is 11.9 Å². The van der Waals surface area contributed by atoms with E-state index >= 15 is 0 Å². The van der Waals surface area contributed by atoms with Crippen LogP contribution in [0.5, 0.6) is 0 Å². The Bertz CT molecular complexity index is 548. The number of hydrogen-bond acceptors (Lipinski definition) is 6. The molecule has 0 aliphatic carbocycles. The van der Waals surface area contributed by atoms with E-state index in [4.69, 9.17) is 4.74 Å². The van der Waals surface area contributed by atoms with E-state index in [1.54, 1.807) is 12.4 Å². The van der Waals surface area contributed by atoms with Gasteiger partial charge in [-0.05, 0) is 20.9 Å². The smallest absolute Gasteiger partial charge is 0.257 e.